The highest BCUT2D eigenvalue weighted by Crippen LogP contribution is 2.26. The summed E-state index contributed by atoms with van der Waals surface area (Å²) >= 11 is 0. The molecule has 0 fully saturated rings. The van der Waals surface area contributed by atoms with Crippen molar-refractivity contribution in [3.8, 4) is 5.75 Å². The van der Waals surface area contributed by atoms with Crippen LogP contribution >= 0.6 is 0 Å². The Morgan fingerprint density at radius 2 is 2.25 bits per heavy atom. The van der Waals surface area contributed by atoms with Crippen LogP contribution in [0.5, 0.6) is 5.75 Å². The number of amides is 1. The number of rotatable bonds is 2. The number of nitrogen functional groups attached to an aromatic ring is 1. The van der Waals surface area contributed by atoms with E-state index in [0.29, 0.717) is 18.7 Å². The lowest BCUT2D eigenvalue weighted by Crippen LogP contribution is -2.41. The summed E-state index contributed by atoms with van der Waals surface area (Å²) in [6.07, 6.45) is 0.353. The number of fused-ring (bicyclic) bond motifs is 1. The maximum Gasteiger partial charge on any atom is 0.226 e. The van der Waals surface area contributed by atoms with Crippen LogP contribution in [0.25, 0.3) is 0 Å². The molecule has 5 nitrogen and oxygen atoms in total. The molecule has 0 aromatic heterocycles. The number of anilines is 1. The van der Waals surface area contributed by atoms with Gasteiger partial charge in [-0.05, 0) is 25.2 Å². The highest BCUT2D eigenvalue weighted by molar-refractivity contribution is 5.79. The normalized spacial score (nSPS) is 23.4. The van der Waals surface area contributed by atoms with Crippen molar-refractivity contribution >= 4 is 11.6 Å². The van der Waals surface area contributed by atoms with Crippen molar-refractivity contribution in [3.63, 3.8) is 0 Å². The fourth-order valence-electron chi connectivity index (χ4n) is 2.53. The molecule has 0 aliphatic carbocycles. The molecule has 1 aliphatic heterocycles. The molecule has 0 unspecified atom stereocenters. The van der Waals surface area contributed by atoms with Crippen molar-refractivity contribution < 1.29 is 9.53 Å². The minimum absolute atomic E-state index is 0.0238. The number of carbonyl (C=O) groups is 1. The number of benzene rings is 1. The van der Waals surface area contributed by atoms with Crippen molar-refractivity contribution in [2.75, 3.05) is 32.9 Å². The van der Waals surface area contributed by atoms with Gasteiger partial charge in [0.25, 0.3) is 0 Å². The van der Waals surface area contributed by atoms with Crippen LogP contribution in [0.1, 0.15) is 12.5 Å². The van der Waals surface area contributed by atoms with Gasteiger partial charge in [-0.25, -0.2) is 0 Å². The first-order chi connectivity index (χ1) is 9.51. The molecule has 2 atom stereocenters. The molecule has 1 aliphatic rings. The fourth-order valence-corrected chi connectivity index (χ4v) is 2.53. The maximum absolute atomic E-state index is 12.2. The minimum Gasteiger partial charge on any atom is -0.488 e. The van der Waals surface area contributed by atoms with Gasteiger partial charge >= 0.3 is 0 Å². The molecule has 0 bridgehead atoms. The third-order valence-electron chi connectivity index (χ3n) is 3.73. The van der Waals surface area contributed by atoms with Crippen LogP contribution in [-0.4, -0.2) is 44.1 Å². The molecule has 0 saturated carbocycles. The predicted octanol–water partition coefficient (Wildman–Crippen LogP) is 0.886. The monoisotopic (exact) mass is 277 g/mol. The zero-order valence-electron chi connectivity index (χ0n) is 12.3. The summed E-state index contributed by atoms with van der Waals surface area (Å²) in [7, 11) is 3.74. The minimum atomic E-state index is 0.0238. The number of carbonyl (C=O) groups excluding carboxylic acids is 1. The lowest BCUT2D eigenvalue weighted by atomic mass is 10.0. The summed E-state index contributed by atoms with van der Waals surface area (Å²) in [5, 5.41) is 3.15. The molecule has 3 N–H and O–H groups in total. The SMILES string of the molecule is CNC[C@H]1Oc2ccc(N)cc2CC(=O)N(C)C[C@H]1C. The van der Waals surface area contributed by atoms with Gasteiger partial charge in [-0.2, -0.15) is 0 Å². The standard InChI is InChI=1S/C15H23N3O2/c1-10-9-18(3)15(19)7-11-6-12(16)4-5-13(11)20-14(10)8-17-2/h4-6,10,14,17H,7-9,16H2,1-3H3/t10-,14-/m1/s1. The van der Waals surface area contributed by atoms with Crippen molar-refractivity contribution in [2.45, 2.75) is 19.4 Å². The van der Waals surface area contributed by atoms with Gasteiger partial charge in [0.15, 0.2) is 0 Å². The van der Waals surface area contributed by atoms with Gasteiger partial charge < -0.3 is 20.7 Å². The Hall–Kier alpha value is -1.75. The van der Waals surface area contributed by atoms with E-state index in [1.165, 1.54) is 0 Å². The predicted molar refractivity (Wildman–Crippen MR) is 79.7 cm³/mol. The van der Waals surface area contributed by atoms with E-state index in [-0.39, 0.29) is 17.9 Å². The fraction of sp³-hybridized carbons (Fsp3) is 0.533. The van der Waals surface area contributed by atoms with Crippen LogP contribution in [0.3, 0.4) is 0 Å². The number of nitrogens with zero attached hydrogens (tertiary/aromatic N) is 1. The highest BCUT2D eigenvalue weighted by Gasteiger charge is 2.26. The first-order valence-electron chi connectivity index (χ1n) is 6.95. The molecule has 1 heterocycles. The molecule has 0 radical (unpaired) electrons. The van der Waals surface area contributed by atoms with Crippen molar-refractivity contribution in [2.24, 2.45) is 5.92 Å². The Kier molecular flexibility index (Phi) is 4.49. The zero-order chi connectivity index (χ0) is 14.7. The molecule has 20 heavy (non-hydrogen) atoms. The molecule has 0 spiro atoms. The second kappa shape index (κ2) is 6.13. The van der Waals surface area contributed by atoms with Crippen LogP contribution in [-0.2, 0) is 11.2 Å². The van der Waals surface area contributed by atoms with E-state index in [4.69, 9.17) is 10.5 Å². The average Bonchev–Trinajstić information content (AvgIpc) is 2.43. The Bertz CT molecular complexity index is 490. The van der Waals surface area contributed by atoms with Crippen molar-refractivity contribution in [1.29, 1.82) is 0 Å². The Morgan fingerprint density at radius 1 is 1.50 bits per heavy atom. The summed E-state index contributed by atoms with van der Waals surface area (Å²) in [6.45, 7) is 3.54. The Labute approximate surface area is 120 Å². The molecule has 1 amide bonds. The van der Waals surface area contributed by atoms with Gasteiger partial charge in [-0.3, -0.25) is 4.79 Å². The van der Waals surface area contributed by atoms with Crippen molar-refractivity contribution in [1.82, 2.24) is 10.2 Å². The average molecular weight is 277 g/mol. The van der Waals surface area contributed by atoms with E-state index >= 15 is 0 Å². The van der Waals surface area contributed by atoms with Gasteiger partial charge in [0, 0.05) is 37.3 Å². The lowest BCUT2D eigenvalue weighted by molar-refractivity contribution is -0.129. The number of nitrogens with one attached hydrogen (secondary N) is 1. The van der Waals surface area contributed by atoms with Crippen LogP contribution in [0, 0.1) is 5.92 Å². The zero-order valence-corrected chi connectivity index (χ0v) is 12.3. The third kappa shape index (κ3) is 3.22. The van der Waals surface area contributed by atoms with E-state index in [9.17, 15) is 4.79 Å². The van der Waals surface area contributed by atoms with Crippen LogP contribution in [0.4, 0.5) is 5.69 Å². The van der Waals surface area contributed by atoms with Gasteiger partial charge in [0.1, 0.15) is 11.9 Å². The van der Waals surface area contributed by atoms with E-state index in [2.05, 4.69) is 12.2 Å². The topological polar surface area (TPSA) is 67.6 Å². The first-order valence-corrected chi connectivity index (χ1v) is 6.95. The summed E-state index contributed by atoms with van der Waals surface area (Å²) in [6, 6.07) is 5.50. The van der Waals surface area contributed by atoms with Gasteiger partial charge in [0.05, 0.1) is 6.42 Å². The van der Waals surface area contributed by atoms with Gasteiger partial charge in [-0.15, -0.1) is 0 Å². The van der Waals surface area contributed by atoms with E-state index in [1.807, 2.05) is 32.3 Å². The highest BCUT2D eigenvalue weighted by atomic mass is 16.5. The quantitative estimate of drug-likeness (QED) is 0.788. The Balaban J connectivity index is 2.37. The summed E-state index contributed by atoms with van der Waals surface area (Å²) < 4.78 is 6.12. The summed E-state index contributed by atoms with van der Waals surface area (Å²) in [5.74, 6) is 1.10. The van der Waals surface area contributed by atoms with Crippen LogP contribution in [0.15, 0.2) is 18.2 Å². The van der Waals surface area contributed by atoms with Crippen LogP contribution in [0.2, 0.25) is 0 Å². The second-order valence-corrected chi connectivity index (χ2v) is 5.51. The van der Waals surface area contributed by atoms with Crippen molar-refractivity contribution in [3.05, 3.63) is 23.8 Å². The summed E-state index contributed by atoms with van der Waals surface area (Å²) in [5.41, 5.74) is 7.33. The van der Waals surface area contributed by atoms with Crippen LogP contribution < -0.4 is 15.8 Å². The maximum atomic E-state index is 12.2. The number of likely N-dealkylation sites (N-methyl/N-ethyl adjacent to an activating group) is 2. The molecular weight excluding hydrogens is 254 g/mol. The third-order valence-corrected chi connectivity index (χ3v) is 3.73. The molecule has 1 aromatic rings. The molecular formula is C15H23N3O2. The largest absolute Gasteiger partial charge is 0.488 e. The number of nitrogens with two attached hydrogens (primary N) is 1. The number of hydrogen-bond donors (Lipinski definition) is 2. The molecule has 110 valence electrons. The van der Waals surface area contributed by atoms with E-state index in [0.717, 1.165) is 17.9 Å². The Morgan fingerprint density at radius 3 is 2.95 bits per heavy atom. The molecule has 5 heteroatoms. The van der Waals surface area contributed by atoms with Gasteiger partial charge in [-0.1, -0.05) is 6.92 Å². The molecule has 2 rings (SSSR count). The van der Waals surface area contributed by atoms with Gasteiger partial charge in [0.2, 0.25) is 5.91 Å². The van der Waals surface area contributed by atoms with E-state index < -0.39 is 0 Å². The second-order valence-electron chi connectivity index (χ2n) is 5.51. The van der Waals surface area contributed by atoms with E-state index in [1.54, 1.807) is 4.90 Å². The smallest absolute Gasteiger partial charge is 0.226 e. The first kappa shape index (κ1) is 14.7. The molecule has 1 aromatic carbocycles. The number of ether oxygens (including phenoxy) is 1. The number of hydrogen-bond acceptors (Lipinski definition) is 4. The molecule has 0 saturated heterocycles. The lowest BCUT2D eigenvalue weighted by Gasteiger charge is -2.27. The summed E-state index contributed by atoms with van der Waals surface area (Å²) in [4.78, 5) is 14.0.